The van der Waals surface area contributed by atoms with Gasteiger partial charge in [0.2, 0.25) is 0 Å². The van der Waals surface area contributed by atoms with Crippen LogP contribution in [0.5, 0.6) is 0 Å². The van der Waals surface area contributed by atoms with Crippen LogP contribution in [0, 0.1) is 0 Å². The molecular formula is C26H33Cl2N5O3. The molecule has 1 aliphatic rings. The lowest BCUT2D eigenvalue weighted by molar-refractivity contribution is 0.0141. The first-order chi connectivity index (χ1) is 17.5. The quantitative estimate of drug-likeness (QED) is 0.334. The van der Waals surface area contributed by atoms with Gasteiger partial charge in [0.05, 0.1) is 52.4 Å². The Morgan fingerprint density at radius 1 is 1.00 bits per heavy atom. The highest BCUT2D eigenvalue weighted by Crippen LogP contribution is 2.39. The fourth-order valence-corrected chi connectivity index (χ4v) is 4.94. The van der Waals surface area contributed by atoms with Gasteiger partial charge in [-0.2, -0.15) is 0 Å². The van der Waals surface area contributed by atoms with Crippen LogP contribution in [0.1, 0.15) is 22.6 Å². The van der Waals surface area contributed by atoms with Crippen LogP contribution in [0.15, 0.2) is 42.6 Å². The van der Waals surface area contributed by atoms with E-state index >= 15 is 0 Å². The van der Waals surface area contributed by atoms with Crippen molar-refractivity contribution in [1.29, 1.82) is 0 Å². The number of benzene rings is 2. The van der Waals surface area contributed by atoms with Gasteiger partial charge in [0, 0.05) is 41.2 Å². The number of hydrogen-bond donors (Lipinski definition) is 1. The summed E-state index contributed by atoms with van der Waals surface area (Å²) in [7, 11) is 2.11. The average Bonchev–Trinajstić information content (AvgIpc) is 3.34. The third-order valence-electron chi connectivity index (χ3n) is 6.09. The second-order valence-electron chi connectivity index (χ2n) is 8.82. The zero-order chi connectivity index (χ0) is 25.3. The number of rotatable bonds is 13. The molecule has 0 radical (unpaired) electrons. The summed E-state index contributed by atoms with van der Waals surface area (Å²) in [6.45, 7) is 6.06. The largest absolute Gasteiger partial charge is 0.378 e. The maximum atomic E-state index is 6.54. The molecule has 3 aromatic rings. The molecule has 0 aliphatic carbocycles. The molecule has 0 spiro atoms. The molecule has 0 fully saturated rings. The number of aromatic nitrogens is 3. The summed E-state index contributed by atoms with van der Waals surface area (Å²) in [6.07, 6.45) is 1.95. The summed E-state index contributed by atoms with van der Waals surface area (Å²) < 4.78 is 18.1. The summed E-state index contributed by atoms with van der Waals surface area (Å²) in [5.74, 6) is 0.174. The van der Waals surface area contributed by atoms with Crippen molar-refractivity contribution in [1.82, 2.24) is 19.9 Å². The molecule has 36 heavy (non-hydrogen) atoms. The van der Waals surface area contributed by atoms with Gasteiger partial charge in [0.15, 0.2) is 0 Å². The normalized spacial score (nSPS) is 15.8. The number of hydrogen-bond acceptors (Lipinski definition) is 7. The van der Waals surface area contributed by atoms with Crippen LogP contribution in [-0.4, -0.2) is 79.7 Å². The topological polar surface area (TPSA) is 87.7 Å². The summed E-state index contributed by atoms with van der Waals surface area (Å²) >= 11 is 12.9. The van der Waals surface area contributed by atoms with E-state index in [4.69, 9.17) is 43.1 Å². The van der Waals surface area contributed by atoms with Gasteiger partial charge in [-0.15, -0.1) is 5.10 Å². The third-order valence-corrected chi connectivity index (χ3v) is 6.64. The van der Waals surface area contributed by atoms with E-state index < -0.39 is 0 Å². The Morgan fingerprint density at radius 3 is 2.53 bits per heavy atom. The van der Waals surface area contributed by atoms with Crippen molar-refractivity contribution >= 4 is 23.2 Å². The lowest BCUT2D eigenvalue weighted by Crippen LogP contribution is -2.31. The van der Waals surface area contributed by atoms with Crippen molar-refractivity contribution < 1.29 is 14.2 Å². The van der Waals surface area contributed by atoms with Crippen LogP contribution >= 0.6 is 23.2 Å². The molecular weight excluding hydrogens is 501 g/mol. The van der Waals surface area contributed by atoms with Crippen molar-refractivity contribution in [2.75, 3.05) is 59.8 Å². The third kappa shape index (κ3) is 7.26. The Labute approximate surface area is 222 Å². The van der Waals surface area contributed by atoms with E-state index in [0.717, 1.165) is 34.9 Å². The molecule has 1 aliphatic heterocycles. The zero-order valence-electron chi connectivity index (χ0n) is 20.5. The lowest BCUT2D eigenvalue weighted by atomic mass is 9.84. The van der Waals surface area contributed by atoms with Crippen LogP contribution in [-0.2, 0) is 27.3 Å². The predicted octanol–water partition coefficient (Wildman–Crippen LogP) is 3.84. The number of likely N-dealkylation sites (N-methyl/N-ethyl adjacent to an activating group) is 1. The highest BCUT2D eigenvalue weighted by molar-refractivity contribution is 6.35. The van der Waals surface area contributed by atoms with Crippen LogP contribution < -0.4 is 5.73 Å². The number of halogens is 2. The van der Waals surface area contributed by atoms with E-state index in [1.54, 1.807) is 4.68 Å². The number of fused-ring (bicyclic) bond motifs is 1. The number of nitrogens with two attached hydrogens (primary N) is 1. The first kappa shape index (κ1) is 27.0. The molecule has 2 aromatic carbocycles. The lowest BCUT2D eigenvalue weighted by Gasteiger charge is -2.33. The van der Waals surface area contributed by atoms with Crippen LogP contribution in [0.2, 0.25) is 10.0 Å². The first-order valence-electron chi connectivity index (χ1n) is 12.1. The van der Waals surface area contributed by atoms with Crippen molar-refractivity contribution in [2.24, 2.45) is 5.73 Å². The minimum atomic E-state index is 0.174. The van der Waals surface area contributed by atoms with Gasteiger partial charge in [-0.25, -0.2) is 4.68 Å². The van der Waals surface area contributed by atoms with Gasteiger partial charge in [-0.1, -0.05) is 46.6 Å². The number of ether oxygens (including phenoxy) is 3. The summed E-state index contributed by atoms with van der Waals surface area (Å²) in [6, 6.07) is 12.3. The van der Waals surface area contributed by atoms with Crippen LogP contribution in [0.3, 0.4) is 0 Å². The van der Waals surface area contributed by atoms with Crippen molar-refractivity contribution in [3.8, 4) is 11.3 Å². The minimum absolute atomic E-state index is 0.174. The highest BCUT2D eigenvalue weighted by Gasteiger charge is 2.27. The van der Waals surface area contributed by atoms with Crippen LogP contribution in [0.4, 0.5) is 0 Å². The van der Waals surface area contributed by atoms with Crippen molar-refractivity contribution in [3.63, 3.8) is 0 Å². The second-order valence-corrected chi connectivity index (χ2v) is 9.67. The Morgan fingerprint density at radius 2 is 1.75 bits per heavy atom. The maximum absolute atomic E-state index is 6.54. The Balaban J connectivity index is 1.33. The SMILES string of the molecule is CN1Cc2c(Cl)cc(Cl)cc2[C@H](c2cccc(-c3cn(CCOCCOCCOCCN)nn3)c2)C1. The maximum Gasteiger partial charge on any atom is 0.113 e. The molecule has 1 atom stereocenters. The Hall–Kier alpha value is -2.04. The number of nitrogens with zero attached hydrogens (tertiary/aromatic N) is 4. The molecule has 194 valence electrons. The molecule has 4 rings (SSSR count). The Bertz CT molecular complexity index is 1130. The van der Waals surface area contributed by atoms with Gasteiger partial charge >= 0.3 is 0 Å². The zero-order valence-corrected chi connectivity index (χ0v) is 22.0. The van der Waals surface area contributed by atoms with Gasteiger partial charge in [-0.05, 0) is 41.9 Å². The molecule has 0 amide bonds. The molecule has 2 heterocycles. The smallest absolute Gasteiger partial charge is 0.113 e. The van der Waals surface area contributed by atoms with Crippen molar-refractivity contribution in [3.05, 3.63) is 69.3 Å². The van der Waals surface area contributed by atoms with Gasteiger partial charge in [0.25, 0.3) is 0 Å². The summed E-state index contributed by atoms with van der Waals surface area (Å²) in [4.78, 5) is 2.29. The molecule has 0 saturated carbocycles. The van der Waals surface area contributed by atoms with E-state index in [2.05, 4.69) is 46.5 Å². The van der Waals surface area contributed by atoms with Gasteiger partial charge in [-0.3, -0.25) is 0 Å². The molecule has 0 bridgehead atoms. The predicted molar refractivity (Wildman–Crippen MR) is 142 cm³/mol. The molecule has 8 nitrogen and oxygen atoms in total. The van der Waals surface area contributed by atoms with E-state index in [-0.39, 0.29) is 5.92 Å². The van der Waals surface area contributed by atoms with Gasteiger partial charge in [0.1, 0.15) is 5.69 Å². The van der Waals surface area contributed by atoms with Crippen LogP contribution in [0.25, 0.3) is 11.3 Å². The molecule has 0 unspecified atom stereocenters. The Kier molecular flexibility index (Phi) is 10.1. The minimum Gasteiger partial charge on any atom is -0.378 e. The fraction of sp³-hybridized carbons (Fsp3) is 0.462. The van der Waals surface area contributed by atoms with Gasteiger partial charge < -0.3 is 24.8 Å². The van der Waals surface area contributed by atoms with E-state index in [9.17, 15) is 0 Å². The summed E-state index contributed by atoms with van der Waals surface area (Å²) in [5, 5.41) is 10.0. The molecule has 10 heteroatoms. The molecule has 2 N–H and O–H groups in total. The van der Waals surface area contributed by atoms with E-state index in [0.29, 0.717) is 57.8 Å². The second kappa shape index (κ2) is 13.5. The highest BCUT2D eigenvalue weighted by atomic mass is 35.5. The standard InChI is InChI=1S/C26H33Cl2N5O3/c1-32-16-23(22-14-21(27)15-25(28)24(22)17-32)19-3-2-4-20(13-19)26-18-33(31-30-26)6-8-35-10-12-36-11-9-34-7-5-29/h2-4,13-15,18,23H,5-12,16-17,29H2,1H3/t23-/m0/s1. The molecule has 0 saturated heterocycles. The monoisotopic (exact) mass is 533 g/mol. The molecule has 1 aromatic heterocycles. The first-order valence-corrected chi connectivity index (χ1v) is 12.9. The van der Waals surface area contributed by atoms with E-state index in [1.165, 1.54) is 11.1 Å². The average molecular weight is 534 g/mol. The summed E-state index contributed by atoms with van der Waals surface area (Å²) in [5.41, 5.74) is 10.7. The fourth-order valence-electron chi connectivity index (χ4n) is 4.37. The van der Waals surface area contributed by atoms with Crippen molar-refractivity contribution in [2.45, 2.75) is 19.0 Å². The van der Waals surface area contributed by atoms with E-state index in [1.807, 2.05) is 18.3 Å².